The fraction of sp³-hybridized carbons (Fsp3) is 0.532. The average molecular weight is 1280 g/mol. The predicted molar refractivity (Wildman–Crippen MR) is 380 cm³/mol. The molecule has 9 aromatic rings. The Morgan fingerprint density at radius 1 is 0.389 bits per heavy atom. The maximum absolute atomic E-state index is 5.15. The topological polar surface area (TPSA) is 155 Å². The first kappa shape index (κ1) is 62.5. The summed E-state index contributed by atoms with van der Waals surface area (Å²) in [5.74, 6) is 3.88. The number of aryl methyl sites for hydroxylation is 6. The van der Waals surface area contributed by atoms with E-state index in [-0.39, 0.29) is 18.1 Å². The van der Waals surface area contributed by atoms with Gasteiger partial charge in [0.1, 0.15) is 34.4 Å². The Hall–Kier alpha value is -7.32. The summed E-state index contributed by atoms with van der Waals surface area (Å²) in [4.78, 5) is 42.5. The molecule has 6 aliphatic heterocycles. The van der Waals surface area contributed by atoms with Crippen LogP contribution in [0.1, 0.15) is 200 Å². The zero-order valence-electron chi connectivity index (χ0n) is 57.4. The minimum Gasteiger partial charge on any atom is -0.355 e. The molecule has 15 heterocycles. The second-order valence-electron chi connectivity index (χ2n) is 29.7. The summed E-state index contributed by atoms with van der Waals surface area (Å²) in [5.41, 5.74) is 18.7. The molecule has 9 aliphatic rings. The van der Waals surface area contributed by atoms with Crippen LogP contribution >= 0.6 is 0 Å². The number of likely N-dealkylation sites (N-methyl/N-ethyl adjacent to an activating group) is 1. The van der Waals surface area contributed by atoms with Crippen molar-refractivity contribution in [3.8, 4) is 0 Å². The Balaban J connectivity index is 0.000000112. The number of imidazole rings is 3. The van der Waals surface area contributed by atoms with E-state index in [0.29, 0.717) is 29.2 Å². The number of piperidine rings is 3. The smallest absolute Gasteiger partial charge is 0.138 e. The van der Waals surface area contributed by atoms with Crippen molar-refractivity contribution in [2.24, 2.45) is 0 Å². The molecule has 18 heteroatoms. The molecule has 2 spiro atoms. The second-order valence-corrected chi connectivity index (χ2v) is 29.7. The van der Waals surface area contributed by atoms with Gasteiger partial charge in [-0.15, -0.1) is 0 Å². The minimum absolute atomic E-state index is 0.269. The predicted octanol–water partition coefficient (Wildman–Crippen LogP) is 12.2. The Kier molecular flexibility index (Phi) is 17.0. The Bertz CT molecular complexity index is 4220. The van der Waals surface area contributed by atoms with Gasteiger partial charge in [0.05, 0.1) is 70.4 Å². The summed E-state index contributed by atoms with van der Waals surface area (Å²) in [6, 6.07) is 34.9. The van der Waals surface area contributed by atoms with Crippen molar-refractivity contribution in [1.29, 1.82) is 0 Å². The van der Waals surface area contributed by atoms with Crippen molar-refractivity contribution in [1.82, 2.24) is 74.2 Å². The monoisotopic (exact) mass is 1280 g/mol. The van der Waals surface area contributed by atoms with Gasteiger partial charge >= 0.3 is 0 Å². The molecule has 9 aromatic heterocycles. The third kappa shape index (κ3) is 12.3. The summed E-state index contributed by atoms with van der Waals surface area (Å²) < 4.78 is 7.17. The van der Waals surface area contributed by atoms with Gasteiger partial charge in [0, 0.05) is 118 Å². The third-order valence-corrected chi connectivity index (χ3v) is 23.4. The Labute approximate surface area is 561 Å². The van der Waals surface area contributed by atoms with Gasteiger partial charge in [-0.3, -0.25) is 38.0 Å². The van der Waals surface area contributed by atoms with E-state index in [9.17, 15) is 0 Å². The van der Waals surface area contributed by atoms with Gasteiger partial charge in [-0.2, -0.15) is 0 Å². The average Bonchev–Trinajstić information content (AvgIpc) is 1.61. The summed E-state index contributed by atoms with van der Waals surface area (Å²) in [6.45, 7) is 24.3. The molecule has 0 bridgehead atoms. The van der Waals surface area contributed by atoms with Gasteiger partial charge in [-0.05, 0) is 216 Å². The third-order valence-electron chi connectivity index (χ3n) is 23.4. The number of hydrogen-bond donors (Lipinski definition) is 4. The van der Waals surface area contributed by atoms with Crippen LogP contribution in [0.25, 0.3) is 16.9 Å². The van der Waals surface area contributed by atoms with Crippen LogP contribution in [0.15, 0.2) is 110 Å². The molecule has 498 valence electrons. The number of piperazine rings is 3. The van der Waals surface area contributed by atoms with Gasteiger partial charge in [-0.1, -0.05) is 36.4 Å². The van der Waals surface area contributed by atoms with Gasteiger partial charge in [0.15, 0.2) is 0 Å². The number of fused-ring (bicyclic) bond motifs is 3. The lowest BCUT2D eigenvalue weighted by molar-refractivity contribution is 0.198. The van der Waals surface area contributed by atoms with Crippen LogP contribution in [0.5, 0.6) is 0 Å². The van der Waals surface area contributed by atoms with Gasteiger partial charge in [0.2, 0.25) is 0 Å². The van der Waals surface area contributed by atoms with E-state index in [4.69, 9.17) is 24.9 Å². The lowest BCUT2D eigenvalue weighted by Crippen LogP contribution is -2.53. The summed E-state index contributed by atoms with van der Waals surface area (Å²) >= 11 is 0. The van der Waals surface area contributed by atoms with Crippen molar-refractivity contribution in [2.75, 3.05) is 87.2 Å². The van der Waals surface area contributed by atoms with Crippen molar-refractivity contribution >= 4 is 34.4 Å². The molecule has 6 saturated heterocycles. The second kappa shape index (κ2) is 25.9. The summed E-state index contributed by atoms with van der Waals surface area (Å²) in [6.07, 6.45) is 24.1. The van der Waals surface area contributed by atoms with Crippen molar-refractivity contribution in [3.63, 3.8) is 0 Å². The highest BCUT2D eigenvalue weighted by molar-refractivity contribution is 5.59. The van der Waals surface area contributed by atoms with Crippen molar-refractivity contribution in [2.45, 2.75) is 191 Å². The van der Waals surface area contributed by atoms with E-state index >= 15 is 0 Å². The molecule has 9 fully saturated rings. The molecule has 4 N–H and O–H groups in total. The molecule has 3 saturated carbocycles. The van der Waals surface area contributed by atoms with E-state index in [1.54, 1.807) is 0 Å². The fourth-order valence-electron chi connectivity index (χ4n) is 17.5. The van der Waals surface area contributed by atoms with Gasteiger partial charge < -0.3 is 36.0 Å². The SMILES string of the molecule is Cc1cccnc1C1CCCC(c2nc3cccc(N4CCN(C)C5(CC5)C4)n3c2C)N1.Cc1cccnc1C1CCCC(c2nc3cccc(N4CCN(C5CC5)CC4)n3c2C)N1.Cc1cccnc1C1CCCC(c2nc3cccc(N4CCNC5(CC5)C4)n3c2C)N1. The molecule has 0 aromatic carbocycles. The minimum atomic E-state index is 0.269. The highest BCUT2D eigenvalue weighted by atomic mass is 15.4. The van der Waals surface area contributed by atoms with Crippen molar-refractivity contribution < 1.29 is 0 Å². The number of pyridine rings is 6. The highest BCUT2D eigenvalue weighted by Gasteiger charge is 2.50. The van der Waals surface area contributed by atoms with Gasteiger partial charge in [-0.25, -0.2) is 15.0 Å². The normalized spacial score (nSPS) is 25.2. The van der Waals surface area contributed by atoms with E-state index in [0.717, 1.165) is 114 Å². The number of rotatable bonds is 10. The molecule has 0 radical (unpaired) electrons. The van der Waals surface area contributed by atoms with Crippen LogP contribution < -0.4 is 36.0 Å². The lowest BCUT2D eigenvalue weighted by Gasteiger charge is -2.41. The van der Waals surface area contributed by atoms with Crippen LogP contribution in [0.2, 0.25) is 0 Å². The Morgan fingerprint density at radius 2 is 0.779 bits per heavy atom. The number of hydrogen-bond acceptors (Lipinski definition) is 15. The Morgan fingerprint density at radius 3 is 1.17 bits per heavy atom. The number of nitrogens with one attached hydrogen (secondary N) is 4. The van der Waals surface area contributed by atoms with E-state index in [1.165, 1.54) is 156 Å². The summed E-state index contributed by atoms with van der Waals surface area (Å²) in [5, 5.41) is 15.4. The largest absolute Gasteiger partial charge is 0.355 e. The maximum atomic E-state index is 5.15. The fourth-order valence-corrected chi connectivity index (χ4v) is 17.5. The van der Waals surface area contributed by atoms with Crippen LogP contribution in [0.4, 0.5) is 17.5 Å². The molecule has 95 heavy (non-hydrogen) atoms. The molecular formula is C77H100N18. The maximum Gasteiger partial charge on any atom is 0.138 e. The first-order chi connectivity index (χ1) is 46.4. The first-order valence-electron chi connectivity index (χ1n) is 36.3. The summed E-state index contributed by atoms with van der Waals surface area (Å²) in [7, 11) is 2.29. The van der Waals surface area contributed by atoms with Crippen LogP contribution in [0, 0.1) is 41.5 Å². The van der Waals surface area contributed by atoms with E-state index in [1.807, 2.05) is 36.8 Å². The molecular weight excluding hydrogens is 1180 g/mol. The zero-order valence-corrected chi connectivity index (χ0v) is 57.4. The highest BCUT2D eigenvalue weighted by Crippen LogP contribution is 2.46. The van der Waals surface area contributed by atoms with Crippen LogP contribution in [-0.2, 0) is 0 Å². The van der Waals surface area contributed by atoms with Gasteiger partial charge in [0.25, 0.3) is 0 Å². The molecule has 3 aliphatic carbocycles. The molecule has 6 unspecified atom stereocenters. The quantitative estimate of drug-likeness (QED) is 0.103. The van der Waals surface area contributed by atoms with E-state index < -0.39 is 0 Å². The molecule has 6 atom stereocenters. The first-order valence-corrected chi connectivity index (χ1v) is 36.3. The standard InChI is InChI=1S/2C26H34N6.C25H32N6/c1-18-7-6-14-27-24(18)20-8-4-9-21(28-20)25-19(2)32-22(29-25)10-5-11-23(32)31-16-15-30(3)26(17-31)12-13-26;1-18-6-5-13-27-25(18)21-7-3-8-22(28-21)26-19(2)32-23(29-26)9-4-10-24(32)31-16-14-30(15-17-31)20-11-12-20;1-17-6-5-13-26-23(17)19-7-3-8-20(28-19)24-18(2)31-21(29-24)9-4-10-22(31)30-15-14-27-25(16-30)11-12-25/h5-7,10-11,14,20-21,28H,4,8-9,12-13,15-17H2,1-3H3;4-6,9-10,13,20-22,28H,3,7-8,11-12,14-17H2,1-2H3;4-6,9-10,13,19-20,27-28H,3,7-8,11-12,14-16H2,1-2H3. The molecule has 0 amide bonds. The van der Waals surface area contributed by atoms with Crippen LogP contribution in [0.3, 0.4) is 0 Å². The van der Waals surface area contributed by atoms with Crippen molar-refractivity contribution in [3.05, 3.63) is 178 Å². The molecule has 18 nitrogen and oxygen atoms in total. The zero-order chi connectivity index (χ0) is 64.5. The number of anilines is 3. The van der Waals surface area contributed by atoms with Crippen LogP contribution in [-0.4, -0.2) is 143 Å². The number of aromatic nitrogens is 9. The molecule has 18 rings (SSSR count). The number of nitrogens with zero attached hydrogens (tertiary/aromatic N) is 14. The van der Waals surface area contributed by atoms with E-state index in [2.05, 4.69) is 185 Å². The lowest BCUT2D eigenvalue weighted by atomic mass is 9.92.